The highest BCUT2D eigenvalue weighted by Crippen LogP contribution is 2.12. The Kier molecular flexibility index (Phi) is 4.59. The molecule has 4 nitrogen and oxygen atoms in total. The molecule has 1 fully saturated rings. The minimum Gasteiger partial charge on any atom is -0.388 e. The van der Waals surface area contributed by atoms with Crippen LogP contribution in [0.1, 0.15) is 29.6 Å². The summed E-state index contributed by atoms with van der Waals surface area (Å²) in [4.78, 5) is 12.0. The average molecular weight is 248 g/mol. The molecule has 0 saturated carbocycles. The van der Waals surface area contributed by atoms with E-state index in [4.69, 9.17) is 4.74 Å². The summed E-state index contributed by atoms with van der Waals surface area (Å²) in [7, 11) is 1.84. The predicted molar refractivity (Wildman–Crippen MR) is 71.9 cm³/mol. The fourth-order valence-electron chi connectivity index (χ4n) is 2.09. The highest BCUT2D eigenvalue weighted by molar-refractivity contribution is 5.95. The molecule has 0 aliphatic carbocycles. The number of benzene rings is 1. The van der Waals surface area contributed by atoms with Gasteiger partial charge in [0.25, 0.3) is 5.91 Å². The number of amides is 1. The van der Waals surface area contributed by atoms with Crippen LogP contribution in [0.4, 0.5) is 5.69 Å². The lowest BCUT2D eigenvalue weighted by Crippen LogP contribution is -2.35. The zero-order valence-corrected chi connectivity index (χ0v) is 10.7. The van der Waals surface area contributed by atoms with Crippen LogP contribution in [0.2, 0.25) is 0 Å². The largest absolute Gasteiger partial charge is 0.388 e. The van der Waals surface area contributed by atoms with Crippen molar-refractivity contribution in [3.63, 3.8) is 0 Å². The highest BCUT2D eigenvalue weighted by Gasteiger charge is 2.15. The van der Waals surface area contributed by atoms with Gasteiger partial charge in [0.05, 0.1) is 6.10 Å². The van der Waals surface area contributed by atoms with Crippen LogP contribution in [0.25, 0.3) is 0 Å². The molecule has 1 aliphatic rings. The molecule has 1 amide bonds. The molecule has 98 valence electrons. The van der Waals surface area contributed by atoms with Crippen molar-refractivity contribution < 1.29 is 9.53 Å². The quantitative estimate of drug-likeness (QED) is 0.857. The standard InChI is InChI=1S/C14H20N2O2/c1-15-12-6-4-5-11(9-12)14(17)16-10-13-7-2-3-8-18-13/h4-6,9,13,15H,2-3,7-8,10H2,1H3,(H,16,17). The third-order valence-corrected chi connectivity index (χ3v) is 3.18. The lowest BCUT2D eigenvalue weighted by atomic mass is 10.1. The molecular formula is C14H20N2O2. The molecule has 0 spiro atoms. The Morgan fingerprint density at radius 3 is 3.06 bits per heavy atom. The number of rotatable bonds is 4. The van der Waals surface area contributed by atoms with E-state index in [9.17, 15) is 4.79 Å². The van der Waals surface area contributed by atoms with E-state index >= 15 is 0 Å². The molecule has 0 bridgehead atoms. The summed E-state index contributed by atoms with van der Waals surface area (Å²) in [6.45, 7) is 1.42. The van der Waals surface area contributed by atoms with E-state index in [2.05, 4.69) is 10.6 Å². The van der Waals surface area contributed by atoms with E-state index in [-0.39, 0.29) is 12.0 Å². The van der Waals surface area contributed by atoms with Crippen LogP contribution >= 0.6 is 0 Å². The van der Waals surface area contributed by atoms with Gasteiger partial charge in [-0.3, -0.25) is 4.79 Å². The molecule has 1 aromatic rings. The number of anilines is 1. The normalized spacial score (nSPS) is 19.3. The zero-order chi connectivity index (χ0) is 12.8. The number of nitrogens with one attached hydrogen (secondary N) is 2. The summed E-state index contributed by atoms with van der Waals surface area (Å²) in [6, 6.07) is 7.47. The van der Waals surface area contributed by atoms with Crippen LogP contribution in [-0.4, -0.2) is 32.2 Å². The topological polar surface area (TPSA) is 50.4 Å². The maximum absolute atomic E-state index is 12.0. The summed E-state index contributed by atoms with van der Waals surface area (Å²) in [5, 5.41) is 5.95. The SMILES string of the molecule is CNc1cccc(C(=O)NCC2CCCCO2)c1. The molecule has 18 heavy (non-hydrogen) atoms. The van der Waals surface area contributed by atoms with Crippen molar-refractivity contribution in [2.45, 2.75) is 25.4 Å². The van der Waals surface area contributed by atoms with Gasteiger partial charge >= 0.3 is 0 Å². The summed E-state index contributed by atoms with van der Waals surface area (Å²) in [5.41, 5.74) is 1.62. The van der Waals surface area contributed by atoms with Crippen molar-refractivity contribution >= 4 is 11.6 Å². The highest BCUT2D eigenvalue weighted by atomic mass is 16.5. The Labute approximate surface area is 108 Å². The molecule has 2 rings (SSSR count). The van der Waals surface area contributed by atoms with Crippen LogP contribution in [0.15, 0.2) is 24.3 Å². The minimum absolute atomic E-state index is 0.0405. The Morgan fingerprint density at radius 1 is 1.44 bits per heavy atom. The van der Waals surface area contributed by atoms with Gasteiger partial charge < -0.3 is 15.4 Å². The average Bonchev–Trinajstić information content (AvgIpc) is 2.46. The molecule has 0 aromatic heterocycles. The maximum Gasteiger partial charge on any atom is 0.251 e. The van der Waals surface area contributed by atoms with Crippen molar-refractivity contribution in [2.24, 2.45) is 0 Å². The third-order valence-electron chi connectivity index (χ3n) is 3.18. The number of carbonyl (C=O) groups is 1. The molecule has 4 heteroatoms. The third kappa shape index (κ3) is 3.47. The number of hydrogen-bond donors (Lipinski definition) is 2. The van der Waals surface area contributed by atoms with Crippen molar-refractivity contribution in [1.82, 2.24) is 5.32 Å². The van der Waals surface area contributed by atoms with Crippen LogP contribution in [0.3, 0.4) is 0 Å². The first-order chi connectivity index (χ1) is 8.79. The number of carbonyl (C=O) groups excluding carboxylic acids is 1. The van der Waals surface area contributed by atoms with Gasteiger partial charge in [-0.2, -0.15) is 0 Å². The van der Waals surface area contributed by atoms with E-state index in [1.54, 1.807) is 0 Å². The van der Waals surface area contributed by atoms with E-state index in [1.807, 2.05) is 31.3 Å². The van der Waals surface area contributed by atoms with Crippen molar-refractivity contribution in [1.29, 1.82) is 0 Å². The number of hydrogen-bond acceptors (Lipinski definition) is 3. The summed E-state index contributed by atoms with van der Waals surface area (Å²) >= 11 is 0. The summed E-state index contributed by atoms with van der Waals surface area (Å²) in [6.07, 6.45) is 3.54. The van der Waals surface area contributed by atoms with Crippen molar-refractivity contribution in [3.05, 3.63) is 29.8 Å². The van der Waals surface area contributed by atoms with E-state index in [0.29, 0.717) is 12.1 Å². The molecule has 1 heterocycles. The molecule has 1 aliphatic heterocycles. The Bertz CT molecular complexity index is 401. The van der Waals surface area contributed by atoms with Crippen LogP contribution in [0.5, 0.6) is 0 Å². The fourth-order valence-corrected chi connectivity index (χ4v) is 2.09. The van der Waals surface area contributed by atoms with Gasteiger partial charge in [-0.1, -0.05) is 6.07 Å². The first kappa shape index (κ1) is 12.9. The van der Waals surface area contributed by atoms with Crippen LogP contribution < -0.4 is 10.6 Å². The Balaban J connectivity index is 1.86. The van der Waals surface area contributed by atoms with Gasteiger partial charge in [0.2, 0.25) is 0 Å². The first-order valence-corrected chi connectivity index (χ1v) is 6.47. The second-order valence-corrected chi connectivity index (χ2v) is 4.53. The molecule has 1 unspecified atom stereocenters. The summed E-state index contributed by atoms with van der Waals surface area (Å²) < 4.78 is 5.58. The first-order valence-electron chi connectivity index (χ1n) is 6.47. The van der Waals surface area contributed by atoms with Crippen LogP contribution in [-0.2, 0) is 4.74 Å². The van der Waals surface area contributed by atoms with E-state index in [1.165, 1.54) is 6.42 Å². The van der Waals surface area contributed by atoms with Crippen molar-refractivity contribution in [2.75, 3.05) is 25.5 Å². The fraction of sp³-hybridized carbons (Fsp3) is 0.500. The van der Waals surface area contributed by atoms with Gasteiger partial charge in [0.15, 0.2) is 0 Å². The van der Waals surface area contributed by atoms with Gasteiger partial charge in [0, 0.05) is 31.5 Å². The molecule has 1 aromatic carbocycles. The molecular weight excluding hydrogens is 228 g/mol. The smallest absolute Gasteiger partial charge is 0.251 e. The van der Waals surface area contributed by atoms with Gasteiger partial charge in [-0.25, -0.2) is 0 Å². The van der Waals surface area contributed by atoms with Crippen LogP contribution in [0, 0.1) is 0 Å². The molecule has 1 saturated heterocycles. The Hall–Kier alpha value is -1.55. The predicted octanol–water partition coefficient (Wildman–Crippen LogP) is 2.03. The van der Waals surface area contributed by atoms with Crippen molar-refractivity contribution in [3.8, 4) is 0 Å². The Morgan fingerprint density at radius 2 is 2.33 bits per heavy atom. The zero-order valence-electron chi connectivity index (χ0n) is 10.7. The van der Waals surface area contributed by atoms with Gasteiger partial charge in [-0.15, -0.1) is 0 Å². The monoisotopic (exact) mass is 248 g/mol. The van der Waals surface area contributed by atoms with E-state index < -0.39 is 0 Å². The lowest BCUT2D eigenvalue weighted by molar-refractivity contribution is 0.0169. The number of ether oxygens (including phenoxy) is 1. The van der Waals surface area contributed by atoms with Gasteiger partial charge in [0.1, 0.15) is 0 Å². The minimum atomic E-state index is -0.0405. The lowest BCUT2D eigenvalue weighted by Gasteiger charge is -2.22. The van der Waals surface area contributed by atoms with Gasteiger partial charge in [-0.05, 0) is 37.5 Å². The second kappa shape index (κ2) is 6.40. The van der Waals surface area contributed by atoms with E-state index in [0.717, 1.165) is 25.1 Å². The molecule has 0 radical (unpaired) electrons. The second-order valence-electron chi connectivity index (χ2n) is 4.53. The molecule has 2 N–H and O–H groups in total. The molecule has 1 atom stereocenters. The maximum atomic E-state index is 12.0. The summed E-state index contributed by atoms with van der Waals surface area (Å²) in [5.74, 6) is -0.0405.